The number of hydrogen-bond acceptors (Lipinski definition) is 6. The molecule has 4 aromatic rings. The maximum Gasteiger partial charge on any atom is 0.152 e. The third kappa shape index (κ3) is 4.62. The minimum Gasteiger partial charge on any atom is -0.390 e. The largest absolute Gasteiger partial charge is 0.390 e. The van der Waals surface area contributed by atoms with E-state index in [1.807, 2.05) is 35.9 Å². The van der Waals surface area contributed by atoms with Crippen molar-refractivity contribution in [1.29, 1.82) is 0 Å². The standard InChI is InChI=1S/C24H26N6O/c1-4-19-11-21(28-29-24(19)25-12-18-7-5-16(2)6-8-18)20-9-10-23(22(14-31)27-20)30-13-17(3)26-15-30/h5-11,13,15,31H,4,12,14H2,1-3H3,(H,25,29). The number of aliphatic hydroxyl groups excluding tert-OH is 1. The molecule has 3 heterocycles. The second kappa shape index (κ2) is 9.06. The van der Waals surface area contributed by atoms with Crippen molar-refractivity contribution >= 4 is 5.82 Å². The molecule has 0 atom stereocenters. The molecule has 7 nitrogen and oxygen atoms in total. The summed E-state index contributed by atoms with van der Waals surface area (Å²) in [7, 11) is 0. The van der Waals surface area contributed by atoms with Crippen LogP contribution in [-0.4, -0.2) is 29.8 Å². The molecule has 0 aliphatic rings. The average molecular weight is 415 g/mol. The van der Waals surface area contributed by atoms with E-state index >= 15 is 0 Å². The van der Waals surface area contributed by atoms with E-state index in [2.05, 4.69) is 63.6 Å². The van der Waals surface area contributed by atoms with Gasteiger partial charge in [-0.3, -0.25) is 0 Å². The summed E-state index contributed by atoms with van der Waals surface area (Å²) < 4.78 is 1.86. The summed E-state index contributed by atoms with van der Waals surface area (Å²) in [4.78, 5) is 8.88. The monoisotopic (exact) mass is 414 g/mol. The van der Waals surface area contributed by atoms with Crippen LogP contribution in [0.2, 0.25) is 0 Å². The normalized spacial score (nSPS) is 11.0. The third-order valence-electron chi connectivity index (χ3n) is 5.19. The molecule has 0 unspecified atom stereocenters. The van der Waals surface area contributed by atoms with Crippen molar-refractivity contribution in [3.63, 3.8) is 0 Å². The van der Waals surface area contributed by atoms with Gasteiger partial charge < -0.3 is 15.0 Å². The Bertz CT molecular complexity index is 1180. The molecule has 31 heavy (non-hydrogen) atoms. The van der Waals surface area contributed by atoms with Gasteiger partial charge in [0.1, 0.15) is 5.69 Å². The summed E-state index contributed by atoms with van der Waals surface area (Å²) in [5, 5.41) is 22.1. The van der Waals surface area contributed by atoms with Gasteiger partial charge in [0.05, 0.1) is 35.7 Å². The molecule has 0 bridgehead atoms. The molecule has 0 aliphatic carbocycles. The predicted molar refractivity (Wildman–Crippen MR) is 121 cm³/mol. The van der Waals surface area contributed by atoms with Gasteiger partial charge >= 0.3 is 0 Å². The Morgan fingerprint density at radius 2 is 1.81 bits per heavy atom. The fourth-order valence-electron chi connectivity index (χ4n) is 3.41. The molecule has 0 spiro atoms. The number of imidazole rings is 1. The molecule has 0 saturated heterocycles. The lowest BCUT2D eigenvalue weighted by atomic mass is 10.1. The topological polar surface area (TPSA) is 88.8 Å². The van der Waals surface area contributed by atoms with Crippen molar-refractivity contribution in [2.45, 2.75) is 40.3 Å². The molecule has 158 valence electrons. The molecule has 3 aromatic heterocycles. The van der Waals surface area contributed by atoms with Crippen LogP contribution < -0.4 is 5.32 Å². The highest BCUT2D eigenvalue weighted by Crippen LogP contribution is 2.23. The highest BCUT2D eigenvalue weighted by atomic mass is 16.3. The predicted octanol–water partition coefficient (Wildman–Crippen LogP) is 4.01. The molecule has 0 fully saturated rings. The van der Waals surface area contributed by atoms with Crippen LogP contribution in [0.4, 0.5) is 5.82 Å². The fraction of sp³-hybridized carbons (Fsp3) is 0.250. The number of hydrogen-bond donors (Lipinski definition) is 2. The van der Waals surface area contributed by atoms with Crippen molar-refractivity contribution in [3.05, 3.63) is 83.1 Å². The number of pyridine rings is 1. The maximum atomic E-state index is 9.86. The lowest BCUT2D eigenvalue weighted by Gasteiger charge is -2.12. The second-order valence-corrected chi connectivity index (χ2v) is 7.54. The van der Waals surface area contributed by atoms with Crippen LogP contribution in [0.15, 0.2) is 55.0 Å². The van der Waals surface area contributed by atoms with Gasteiger partial charge in [-0.25, -0.2) is 9.97 Å². The zero-order valence-corrected chi connectivity index (χ0v) is 18.0. The summed E-state index contributed by atoms with van der Waals surface area (Å²) in [6.07, 6.45) is 4.44. The first-order valence-electron chi connectivity index (χ1n) is 10.4. The van der Waals surface area contributed by atoms with E-state index in [0.717, 1.165) is 29.2 Å². The van der Waals surface area contributed by atoms with Gasteiger partial charge in [-0.1, -0.05) is 36.8 Å². The Morgan fingerprint density at radius 1 is 1.00 bits per heavy atom. The SMILES string of the molecule is CCc1cc(-c2ccc(-n3cnc(C)c3)c(CO)n2)nnc1NCc1ccc(C)cc1. The fourth-order valence-corrected chi connectivity index (χ4v) is 3.41. The van der Waals surface area contributed by atoms with E-state index in [0.29, 0.717) is 23.6 Å². The number of aromatic nitrogens is 5. The number of rotatable bonds is 7. The molecule has 1 aromatic carbocycles. The zero-order chi connectivity index (χ0) is 21.8. The van der Waals surface area contributed by atoms with Gasteiger partial charge in [0.2, 0.25) is 0 Å². The highest BCUT2D eigenvalue weighted by molar-refractivity contribution is 5.60. The van der Waals surface area contributed by atoms with Crippen LogP contribution in [0.25, 0.3) is 17.1 Å². The Kier molecular flexibility index (Phi) is 6.04. The highest BCUT2D eigenvalue weighted by Gasteiger charge is 2.12. The van der Waals surface area contributed by atoms with Crippen LogP contribution >= 0.6 is 0 Å². The quantitative estimate of drug-likeness (QED) is 0.475. The van der Waals surface area contributed by atoms with Crippen molar-refractivity contribution in [1.82, 2.24) is 24.7 Å². The van der Waals surface area contributed by atoms with Crippen LogP contribution in [0.1, 0.15) is 35.0 Å². The van der Waals surface area contributed by atoms with Crippen molar-refractivity contribution < 1.29 is 5.11 Å². The summed E-state index contributed by atoms with van der Waals surface area (Å²) in [6.45, 7) is 6.61. The van der Waals surface area contributed by atoms with E-state index in [4.69, 9.17) is 0 Å². The first kappa shape index (κ1) is 20.7. The Hall–Kier alpha value is -3.58. The van der Waals surface area contributed by atoms with Gasteiger partial charge in [0.15, 0.2) is 5.82 Å². The number of benzene rings is 1. The van der Waals surface area contributed by atoms with Crippen molar-refractivity contribution in [3.8, 4) is 17.1 Å². The molecule has 7 heteroatoms. The minimum atomic E-state index is -0.176. The maximum absolute atomic E-state index is 9.86. The van der Waals surface area contributed by atoms with E-state index in [-0.39, 0.29) is 6.61 Å². The van der Waals surface area contributed by atoms with Crippen LogP contribution in [0, 0.1) is 13.8 Å². The van der Waals surface area contributed by atoms with Gasteiger partial charge in [-0.05, 0) is 49.6 Å². The molecule has 0 saturated carbocycles. The van der Waals surface area contributed by atoms with E-state index in [1.54, 1.807) is 6.33 Å². The minimum absolute atomic E-state index is 0.176. The number of anilines is 1. The Labute approximate surface area is 181 Å². The van der Waals surface area contributed by atoms with Crippen molar-refractivity contribution in [2.24, 2.45) is 0 Å². The van der Waals surface area contributed by atoms with Crippen molar-refractivity contribution in [2.75, 3.05) is 5.32 Å². The summed E-state index contributed by atoms with van der Waals surface area (Å²) >= 11 is 0. The summed E-state index contributed by atoms with van der Waals surface area (Å²) in [5.41, 5.74) is 7.13. The smallest absolute Gasteiger partial charge is 0.152 e. The van der Waals surface area contributed by atoms with Crippen LogP contribution in [0.5, 0.6) is 0 Å². The van der Waals surface area contributed by atoms with E-state index in [1.165, 1.54) is 11.1 Å². The molecule has 0 radical (unpaired) electrons. The Balaban J connectivity index is 1.58. The second-order valence-electron chi connectivity index (χ2n) is 7.54. The van der Waals surface area contributed by atoms with Gasteiger partial charge in [-0.15, -0.1) is 10.2 Å². The van der Waals surface area contributed by atoms with E-state index in [9.17, 15) is 5.11 Å². The number of aliphatic hydroxyl groups is 1. The zero-order valence-electron chi connectivity index (χ0n) is 18.0. The van der Waals surface area contributed by atoms with Crippen LogP contribution in [-0.2, 0) is 19.6 Å². The molecule has 0 aliphatic heterocycles. The number of nitrogens with one attached hydrogen (secondary N) is 1. The van der Waals surface area contributed by atoms with Gasteiger partial charge in [0, 0.05) is 12.7 Å². The van der Waals surface area contributed by atoms with Gasteiger partial charge in [0.25, 0.3) is 0 Å². The third-order valence-corrected chi connectivity index (χ3v) is 5.19. The molecule has 0 amide bonds. The molecule has 4 rings (SSSR count). The van der Waals surface area contributed by atoms with Gasteiger partial charge in [-0.2, -0.15) is 0 Å². The first-order chi connectivity index (χ1) is 15.1. The number of aryl methyl sites for hydroxylation is 3. The first-order valence-corrected chi connectivity index (χ1v) is 10.4. The lowest BCUT2D eigenvalue weighted by Crippen LogP contribution is -2.07. The molecular formula is C24H26N6O. The summed E-state index contributed by atoms with van der Waals surface area (Å²) in [5.74, 6) is 0.778. The molecule has 2 N–H and O–H groups in total. The Morgan fingerprint density at radius 3 is 2.48 bits per heavy atom. The lowest BCUT2D eigenvalue weighted by molar-refractivity contribution is 0.276. The van der Waals surface area contributed by atoms with E-state index < -0.39 is 0 Å². The summed E-state index contributed by atoms with van der Waals surface area (Å²) in [6, 6.07) is 14.3. The average Bonchev–Trinajstić information content (AvgIpc) is 3.24. The molecular weight excluding hydrogens is 388 g/mol. The number of nitrogens with zero attached hydrogens (tertiary/aromatic N) is 5. The van der Waals surface area contributed by atoms with Crippen LogP contribution in [0.3, 0.4) is 0 Å².